The highest BCUT2D eigenvalue weighted by Crippen LogP contribution is 2.26. The molecule has 0 saturated heterocycles. The summed E-state index contributed by atoms with van der Waals surface area (Å²) in [5.41, 5.74) is 6.25. The van der Waals surface area contributed by atoms with E-state index in [0.29, 0.717) is 11.0 Å². The molecule has 0 radical (unpaired) electrons. The molecule has 1 aromatic carbocycles. The highest BCUT2D eigenvalue weighted by atomic mass is 79.9. The molecule has 1 heterocycles. The van der Waals surface area contributed by atoms with Gasteiger partial charge in [0.2, 0.25) is 0 Å². The monoisotopic (exact) mass is 326 g/mol. The molecule has 0 aliphatic rings. The molecule has 1 aromatic heterocycles. The number of anilines is 2. The smallest absolute Gasteiger partial charge is 0.276 e. The minimum Gasteiger partial charge on any atom is -0.396 e. The number of hydrogen-bond donors (Lipinski definition) is 2. The van der Waals surface area contributed by atoms with Crippen LogP contribution in [-0.4, -0.2) is 15.7 Å². The van der Waals surface area contributed by atoms with Gasteiger partial charge in [-0.05, 0) is 35.0 Å². The van der Waals surface area contributed by atoms with Crippen LogP contribution in [0.25, 0.3) is 0 Å². The molecule has 100 valence electrons. The van der Waals surface area contributed by atoms with E-state index in [1.807, 2.05) is 6.92 Å². The van der Waals surface area contributed by atoms with Gasteiger partial charge in [-0.15, -0.1) is 0 Å². The van der Waals surface area contributed by atoms with E-state index < -0.39 is 11.7 Å². The summed E-state index contributed by atoms with van der Waals surface area (Å²) in [6.45, 7) is 2.33. The maximum atomic E-state index is 13.6. The molecular formula is C12H12BrFN4O. The Morgan fingerprint density at radius 1 is 1.58 bits per heavy atom. The van der Waals surface area contributed by atoms with Crippen LogP contribution in [-0.2, 0) is 6.54 Å². The molecule has 1 amide bonds. The number of para-hydroxylation sites is 1. The van der Waals surface area contributed by atoms with Crippen molar-refractivity contribution in [1.82, 2.24) is 9.78 Å². The van der Waals surface area contributed by atoms with Crippen LogP contribution >= 0.6 is 15.9 Å². The molecule has 0 aliphatic heterocycles. The van der Waals surface area contributed by atoms with Crippen LogP contribution in [0.3, 0.4) is 0 Å². The van der Waals surface area contributed by atoms with Crippen molar-refractivity contribution in [1.29, 1.82) is 0 Å². The summed E-state index contributed by atoms with van der Waals surface area (Å²) in [6.07, 6.45) is 1.40. The van der Waals surface area contributed by atoms with Gasteiger partial charge < -0.3 is 11.1 Å². The first-order valence-corrected chi connectivity index (χ1v) is 6.40. The highest BCUT2D eigenvalue weighted by molar-refractivity contribution is 9.10. The fraction of sp³-hybridized carbons (Fsp3) is 0.167. The predicted octanol–water partition coefficient (Wildman–Crippen LogP) is 2.64. The predicted molar refractivity (Wildman–Crippen MR) is 74.4 cm³/mol. The van der Waals surface area contributed by atoms with E-state index in [1.165, 1.54) is 16.9 Å². The van der Waals surface area contributed by atoms with Gasteiger partial charge >= 0.3 is 0 Å². The number of halogens is 2. The van der Waals surface area contributed by atoms with Gasteiger partial charge in [-0.2, -0.15) is 5.10 Å². The van der Waals surface area contributed by atoms with Crippen LogP contribution in [0.1, 0.15) is 17.4 Å². The topological polar surface area (TPSA) is 72.9 Å². The van der Waals surface area contributed by atoms with Crippen LogP contribution in [0.4, 0.5) is 15.8 Å². The number of hydrogen-bond acceptors (Lipinski definition) is 3. The fourth-order valence-electron chi connectivity index (χ4n) is 1.68. The lowest BCUT2D eigenvalue weighted by Gasteiger charge is -2.10. The van der Waals surface area contributed by atoms with Crippen LogP contribution < -0.4 is 11.1 Å². The number of carbonyl (C=O) groups is 1. The third kappa shape index (κ3) is 2.60. The van der Waals surface area contributed by atoms with E-state index in [9.17, 15) is 9.18 Å². The summed E-state index contributed by atoms with van der Waals surface area (Å²) in [5.74, 6) is -1.02. The number of nitrogens with zero attached hydrogens (tertiary/aromatic N) is 2. The largest absolute Gasteiger partial charge is 0.396 e. The van der Waals surface area contributed by atoms with Gasteiger partial charge in [-0.3, -0.25) is 9.48 Å². The number of carbonyl (C=O) groups excluding carboxylic acids is 1. The molecule has 0 saturated carbocycles. The summed E-state index contributed by atoms with van der Waals surface area (Å²) < 4.78 is 15.6. The Hall–Kier alpha value is -1.89. The molecule has 0 spiro atoms. The summed E-state index contributed by atoms with van der Waals surface area (Å²) in [6, 6.07) is 4.44. The number of nitrogens with two attached hydrogens (primary N) is 1. The van der Waals surface area contributed by atoms with Crippen LogP contribution in [0.15, 0.2) is 28.9 Å². The second-order valence-electron chi connectivity index (χ2n) is 3.82. The molecular weight excluding hydrogens is 315 g/mol. The first-order chi connectivity index (χ1) is 9.04. The number of rotatable bonds is 3. The Bertz CT molecular complexity index is 606. The molecule has 0 unspecified atom stereocenters. The van der Waals surface area contributed by atoms with Crippen LogP contribution in [0.2, 0.25) is 0 Å². The van der Waals surface area contributed by atoms with Gasteiger partial charge in [0.05, 0.1) is 17.6 Å². The van der Waals surface area contributed by atoms with Gasteiger partial charge in [-0.25, -0.2) is 4.39 Å². The zero-order valence-corrected chi connectivity index (χ0v) is 11.7. The molecule has 0 bridgehead atoms. The van der Waals surface area contributed by atoms with Crippen molar-refractivity contribution >= 4 is 33.2 Å². The van der Waals surface area contributed by atoms with E-state index in [1.54, 1.807) is 12.1 Å². The van der Waals surface area contributed by atoms with Crippen molar-refractivity contribution in [2.45, 2.75) is 13.5 Å². The second kappa shape index (κ2) is 5.40. The van der Waals surface area contributed by atoms with Crippen molar-refractivity contribution in [2.75, 3.05) is 11.1 Å². The zero-order valence-electron chi connectivity index (χ0n) is 10.2. The lowest BCUT2D eigenvalue weighted by molar-refractivity contribution is 0.101. The van der Waals surface area contributed by atoms with E-state index in [-0.39, 0.29) is 17.1 Å². The third-order valence-electron chi connectivity index (χ3n) is 2.58. The average Bonchev–Trinajstić information content (AvgIpc) is 2.75. The number of amides is 1. The van der Waals surface area contributed by atoms with E-state index in [4.69, 9.17) is 5.73 Å². The van der Waals surface area contributed by atoms with Gasteiger partial charge in [0, 0.05) is 11.0 Å². The normalized spacial score (nSPS) is 10.5. The van der Waals surface area contributed by atoms with E-state index in [2.05, 4.69) is 26.3 Å². The quantitative estimate of drug-likeness (QED) is 0.910. The minimum absolute atomic E-state index is 0.0794. The van der Waals surface area contributed by atoms with Gasteiger partial charge in [0.25, 0.3) is 5.91 Å². The van der Waals surface area contributed by atoms with E-state index in [0.717, 1.165) is 0 Å². The first-order valence-electron chi connectivity index (χ1n) is 5.61. The van der Waals surface area contributed by atoms with E-state index >= 15 is 0 Å². The molecule has 2 aromatic rings. The van der Waals surface area contributed by atoms with Gasteiger partial charge in [0.1, 0.15) is 11.5 Å². The molecule has 7 heteroatoms. The maximum Gasteiger partial charge on any atom is 0.276 e. The highest BCUT2D eigenvalue weighted by Gasteiger charge is 2.18. The Morgan fingerprint density at radius 3 is 2.95 bits per heavy atom. The average molecular weight is 327 g/mol. The Morgan fingerprint density at radius 2 is 2.32 bits per heavy atom. The summed E-state index contributed by atoms with van der Waals surface area (Å²) in [5, 5.41) is 6.46. The Kier molecular flexibility index (Phi) is 3.84. The Balaban J connectivity index is 2.34. The Labute approximate surface area is 117 Å². The van der Waals surface area contributed by atoms with Gasteiger partial charge in [-0.1, -0.05) is 6.07 Å². The third-order valence-corrected chi connectivity index (χ3v) is 3.24. The molecule has 0 fully saturated rings. The maximum absolute atomic E-state index is 13.6. The van der Waals surface area contributed by atoms with Crippen molar-refractivity contribution in [3.63, 3.8) is 0 Å². The summed E-state index contributed by atoms with van der Waals surface area (Å²) in [4.78, 5) is 12.1. The molecule has 19 heavy (non-hydrogen) atoms. The summed E-state index contributed by atoms with van der Waals surface area (Å²) >= 11 is 3.18. The van der Waals surface area contributed by atoms with Crippen LogP contribution in [0.5, 0.6) is 0 Å². The number of nitrogen functional groups attached to an aromatic ring is 1. The molecule has 2 rings (SSSR count). The second-order valence-corrected chi connectivity index (χ2v) is 4.67. The van der Waals surface area contributed by atoms with Crippen molar-refractivity contribution in [2.24, 2.45) is 0 Å². The summed E-state index contributed by atoms with van der Waals surface area (Å²) in [7, 11) is 0. The number of nitrogens with one attached hydrogen (secondary N) is 1. The molecule has 0 atom stereocenters. The number of aryl methyl sites for hydroxylation is 1. The van der Waals surface area contributed by atoms with Crippen molar-refractivity contribution in [3.05, 3.63) is 40.4 Å². The number of benzene rings is 1. The van der Waals surface area contributed by atoms with Crippen molar-refractivity contribution < 1.29 is 9.18 Å². The fourth-order valence-corrected chi connectivity index (χ4v) is 2.12. The van der Waals surface area contributed by atoms with Gasteiger partial charge in [0.15, 0.2) is 0 Å². The lowest BCUT2D eigenvalue weighted by Crippen LogP contribution is -2.19. The zero-order chi connectivity index (χ0) is 14.0. The van der Waals surface area contributed by atoms with Crippen LogP contribution in [0, 0.1) is 5.82 Å². The standard InChI is InChI=1S/C12H12BrFN4O/c1-2-18-11(9(15)6-16-18)12(19)17-10-7(13)4-3-5-8(10)14/h3-6H,2,15H2,1H3,(H,17,19). The minimum atomic E-state index is -0.524. The lowest BCUT2D eigenvalue weighted by atomic mass is 10.2. The number of aromatic nitrogens is 2. The molecule has 0 aliphatic carbocycles. The SMILES string of the molecule is CCn1ncc(N)c1C(=O)Nc1c(F)cccc1Br. The van der Waals surface area contributed by atoms with Crippen molar-refractivity contribution in [3.8, 4) is 0 Å². The first kappa shape index (κ1) is 13.5. The molecule has 3 N–H and O–H groups in total. The molecule has 5 nitrogen and oxygen atoms in total.